The Bertz CT molecular complexity index is 983. The number of hydrogen-bond donors (Lipinski definition) is 2. The largest absolute Gasteiger partial charge is 0.427 e. The highest BCUT2D eigenvalue weighted by molar-refractivity contribution is 5.82. The van der Waals surface area contributed by atoms with Crippen LogP contribution in [0.2, 0.25) is 0 Å². The molecule has 0 unspecified atom stereocenters. The molecule has 1 aromatic carbocycles. The molecule has 0 saturated carbocycles. The predicted octanol–water partition coefficient (Wildman–Crippen LogP) is 3.44. The molecule has 0 heterocycles. The van der Waals surface area contributed by atoms with Crippen LogP contribution in [0, 0.1) is 16.2 Å². The lowest BCUT2D eigenvalue weighted by Gasteiger charge is -2.27. The quantitative estimate of drug-likeness (QED) is 0.176. The maximum absolute atomic E-state index is 12.7. The molecular formula is C26H40N2O8. The van der Waals surface area contributed by atoms with Gasteiger partial charge in [0.05, 0.1) is 16.2 Å². The molecule has 10 nitrogen and oxygen atoms in total. The van der Waals surface area contributed by atoms with Crippen molar-refractivity contribution in [3.63, 3.8) is 0 Å². The zero-order valence-corrected chi connectivity index (χ0v) is 23.0. The maximum Gasteiger partial charge on any atom is 0.330 e. The van der Waals surface area contributed by atoms with Crippen molar-refractivity contribution in [1.29, 1.82) is 0 Å². The van der Waals surface area contributed by atoms with E-state index in [-0.39, 0.29) is 17.9 Å². The fourth-order valence-electron chi connectivity index (χ4n) is 2.44. The number of hydrogen-bond acceptors (Lipinski definition) is 10. The molecule has 36 heavy (non-hydrogen) atoms. The summed E-state index contributed by atoms with van der Waals surface area (Å²) in [4.78, 5) is 49.6. The molecule has 10 heteroatoms. The van der Waals surface area contributed by atoms with Gasteiger partial charge in [-0.25, -0.2) is 10.2 Å². The van der Waals surface area contributed by atoms with Crippen molar-refractivity contribution >= 4 is 23.9 Å². The number of rotatable bonds is 8. The first-order valence-electron chi connectivity index (χ1n) is 11.6. The Morgan fingerprint density at radius 3 is 1.58 bits per heavy atom. The number of hydrazine groups is 1. The third-order valence-corrected chi connectivity index (χ3v) is 4.96. The summed E-state index contributed by atoms with van der Waals surface area (Å²) in [5, 5.41) is 0. The fraction of sp³-hybridized carbons (Fsp3) is 0.615. The molecule has 1 atom stereocenters. The van der Waals surface area contributed by atoms with Gasteiger partial charge in [-0.15, -0.1) is 0 Å². The first kappa shape index (κ1) is 31.1. The molecule has 1 aromatic rings. The van der Waals surface area contributed by atoms with Gasteiger partial charge >= 0.3 is 23.9 Å². The van der Waals surface area contributed by atoms with Crippen LogP contribution in [-0.2, 0) is 35.1 Å². The van der Waals surface area contributed by atoms with E-state index < -0.39 is 52.5 Å². The summed E-state index contributed by atoms with van der Waals surface area (Å²) in [6, 6.07) is 4.59. The summed E-state index contributed by atoms with van der Waals surface area (Å²) in [5.41, 5.74) is -0.793. The van der Waals surface area contributed by atoms with Gasteiger partial charge in [0.15, 0.2) is 11.5 Å². The highest BCUT2D eigenvalue weighted by Gasteiger charge is 2.36. The van der Waals surface area contributed by atoms with Gasteiger partial charge in [-0.05, 0) is 86.9 Å². The Morgan fingerprint density at radius 2 is 1.14 bits per heavy atom. The fourth-order valence-corrected chi connectivity index (χ4v) is 2.44. The molecule has 3 N–H and O–H groups in total. The summed E-state index contributed by atoms with van der Waals surface area (Å²) in [6.07, 6.45) is 0.0170. The van der Waals surface area contributed by atoms with Gasteiger partial charge in [0.1, 0.15) is 5.54 Å². The van der Waals surface area contributed by atoms with E-state index in [1.54, 1.807) is 68.4 Å². The molecule has 0 radical (unpaired) electrons. The molecule has 0 aliphatic carbocycles. The summed E-state index contributed by atoms with van der Waals surface area (Å²) in [6.45, 7) is 16.2. The van der Waals surface area contributed by atoms with Crippen LogP contribution in [-0.4, -0.2) is 36.2 Å². The number of esters is 4. The first-order chi connectivity index (χ1) is 16.2. The third kappa shape index (κ3) is 8.91. The Balaban J connectivity index is 3.18. The van der Waals surface area contributed by atoms with Crippen molar-refractivity contribution < 1.29 is 38.1 Å². The normalized spacial score (nSPS) is 13.9. The van der Waals surface area contributed by atoms with Crippen LogP contribution in [0.1, 0.15) is 74.8 Å². The molecule has 0 spiro atoms. The topological polar surface area (TPSA) is 143 Å². The Kier molecular flexibility index (Phi) is 9.82. The molecule has 0 saturated heterocycles. The predicted molar refractivity (Wildman–Crippen MR) is 133 cm³/mol. The van der Waals surface area contributed by atoms with Gasteiger partial charge < -0.3 is 18.9 Å². The Labute approximate surface area is 213 Å². The van der Waals surface area contributed by atoms with E-state index >= 15 is 0 Å². The maximum atomic E-state index is 12.7. The van der Waals surface area contributed by atoms with Crippen molar-refractivity contribution in [2.75, 3.05) is 6.79 Å². The molecule has 0 fully saturated rings. The molecular weight excluding hydrogens is 468 g/mol. The molecule has 0 aliphatic heterocycles. The highest BCUT2D eigenvalue weighted by Crippen LogP contribution is 2.33. The second-order valence-corrected chi connectivity index (χ2v) is 11.9. The third-order valence-electron chi connectivity index (χ3n) is 4.96. The Morgan fingerprint density at radius 1 is 0.694 bits per heavy atom. The zero-order valence-electron chi connectivity index (χ0n) is 23.0. The lowest BCUT2D eigenvalue weighted by atomic mass is 9.93. The number of nitrogens with two attached hydrogens (primary N) is 1. The monoisotopic (exact) mass is 508 g/mol. The second kappa shape index (κ2) is 11.4. The first-order valence-corrected chi connectivity index (χ1v) is 11.6. The van der Waals surface area contributed by atoms with E-state index in [9.17, 15) is 19.2 Å². The average Bonchev–Trinajstić information content (AvgIpc) is 2.73. The molecule has 0 aliphatic rings. The van der Waals surface area contributed by atoms with E-state index in [1.165, 1.54) is 19.1 Å². The summed E-state index contributed by atoms with van der Waals surface area (Å²) >= 11 is 0. The summed E-state index contributed by atoms with van der Waals surface area (Å²) in [5.74, 6) is 3.42. The van der Waals surface area contributed by atoms with Crippen molar-refractivity contribution in [1.82, 2.24) is 5.43 Å². The molecule has 0 amide bonds. The van der Waals surface area contributed by atoms with Gasteiger partial charge in [-0.1, -0.05) is 6.07 Å². The van der Waals surface area contributed by atoms with Crippen molar-refractivity contribution in [2.45, 2.75) is 81.2 Å². The van der Waals surface area contributed by atoms with Crippen LogP contribution < -0.4 is 20.7 Å². The van der Waals surface area contributed by atoms with Crippen LogP contribution >= 0.6 is 0 Å². The van der Waals surface area contributed by atoms with Crippen LogP contribution in [0.25, 0.3) is 0 Å². The van der Waals surface area contributed by atoms with Crippen molar-refractivity contribution in [3.05, 3.63) is 23.8 Å². The van der Waals surface area contributed by atoms with E-state index in [0.717, 1.165) is 0 Å². The average molecular weight is 509 g/mol. The summed E-state index contributed by atoms with van der Waals surface area (Å²) in [7, 11) is 0. The van der Waals surface area contributed by atoms with Crippen molar-refractivity contribution in [3.8, 4) is 11.5 Å². The van der Waals surface area contributed by atoms with E-state index in [2.05, 4.69) is 5.43 Å². The molecule has 202 valence electrons. The number of carbonyl (C=O) groups is 4. The number of nitrogens with one attached hydrogen (secondary N) is 1. The second-order valence-electron chi connectivity index (χ2n) is 11.9. The van der Waals surface area contributed by atoms with Gasteiger partial charge in [0.2, 0.25) is 6.79 Å². The van der Waals surface area contributed by atoms with Crippen LogP contribution in [0.3, 0.4) is 0 Å². The molecule has 0 aromatic heterocycles. The zero-order chi connectivity index (χ0) is 28.1. The van der Waals surface area contributed by atoms with E-state index in [0.29, 0.717) is 5.56 Å². The van der Waals surface area contributed by atoms with Crippen LogP contribution in [0.15, 0.2) is 18.2 Å². The minimum atomic E-state index is -1.41. The van der Waals surface area contributed by atoms with Gasteiger partial charge in [-0.2, -0.15) is 0 Å². The lowest BCUT2D eigenvalue weighted by Crippen LogP contribution is -2.55. The number of benzene rings is 1. The minimum absolute atomic E-state index is 0.0170. The molecule has 1 rings (SSSR count). The van der Waals surface area contributed by atoms with E-state index in [1.807, 2.05) is 0 Å². The highest BCUT2D eigenvalue weighted by atomic mass is 16.7. The van der Waals surface area contributed by atoms with Gasteiger partial charge in [-0.3, -0.25) is 20.2 Å². The smallest absolute Gasteiger partial charge is 0.330 e. The minimum Gasteiger partial charge on any atom is -0.427 e. The SMILES string of the molecule is CC(C)(C)C(=O)OCOC(=O)[C@](C)(Cc1ccc(OC(=O)C(C)(C)C)c(OC(=O)C(C)(C)C)c1)NN. The van der Waals surface area contributed by atoms with Crippen LogP contribution in [0.5, 0.6) is 11.5 Å². The number of carbonyl (C=O) groups excluding carboxylic acids is 4. The number of ether oxygens (including phenoxy) is 4. The van der Waals surface area contributed by atoms with Crippen molar-refractivity contribution in [2.24, 2.45) is 22.1 Å². The van der Waals surface area contributed by atoms with Gasteiger partial charge in [0.25, 0.3) is 0 Å². The molecule has 0 bridgehead atoms. The Hall–Kier alpha value is -2.98. The summed E-state index contributed by atoms with van der Waals surface area (Å²) < 4.78 is 21.1. The standard InChI is InChI=1S/C26H40N2O8/c1-23(2,3)19(29)33-15-34-22(32)26(10,28-27)14-16-11-12-17(35-20(30)24(4,5)6)18(13-16)36-21(31)25(7,8)9/h11-13,28H,14-15,27H2,1-10H3/t26-/m0/s1. The lowest BCUT2D eigenvalue weighted by molar-refractivity contribution is -0.176. The van der Waals surface area contributed by atoms with E-state index in [4.69, 9.17) is 24.8 Å². The van der Waals surface area contributed by atoms with Gasteiger partial charge in [0, 0.05) is 6.42 Å². The van der Waals surface area contributed by atoms with Crippen LogP contribution in [0.4, 0.5) is 0 Å².